The number of amides is 1. The van der Waals surface area contributed by atoms with E-state index in [-0.39, 0.29) is 24.5 Å². The maximum atomic E-state index is 12.7. The molecule has 0 spiro atoms. The number of likely N-dealkylation sites (tertiary alicyclic amines) is 1. The quantitative estimate of drug-likeness (QED) is 0.784. The summed E-state index contributed by atoms with van der Waals surface area (Å²) < 4.78 is 12.7. The van der Waals surface area contributed by atoms with Crippen molar-refractivity contribution in [1.82, 2.24) is 14.5 Å². The third-order valence-electron chi connectivity index (χ3n) is 4.14. The fourth-order valence-corrected chi connectivity index (χ4v) is 2.93. The predicted octanol–water partition coefficient (Wildman–Crippen LogP) is 2.08. The number of furan rings is 1. The lowest BCUT2D eigenvalue weighted by Gasteiger charge is -2.34. The molecule has 0 unspecified atom stereocenters. The minimum absolute atomic E-state index is 0.0858. The van der Waals surface area contributed by atoms with Gasteiger partial charge in [0.2, 0.25) is 0 Å². The summed E-state index contributed by atoms with van der Waals surface area (Å²) in [6.07, 6.45) is 8.04. The van der Waals surface area contributed by atoms with E-state index in [1.807, 2.05) is 10.8 Å². The molecule has 1 aliphatic heterocycles. The molecule has 1 amide bonds. The number of imidazole rings is 1. The van der Waals surface area contributed by atoms with Gasteiger partial charge in [-0.05, 0) is 31.4 Å². The number of nitrogens with zero attached hydrogens (tertiary/aromatic N) is 3. The van der Waals surface area contributed by atoms with Crippen LogP contribution in [-0.2, 0) is 16.1 Å². The van der Waals surface area contributed by atoms with Crippen LogP contribution in [0.2, 0.25) is 0 Å². The van der Waals surface area contributed by atoms with Crippen molar-refractivity contribution in [1.29, 1.82) is 0 Å². The van der Waals surface area contributed by atoms with Gasteiger partial charge in [-0.25, -0.2) is 4.98 Å². The lowest BCUT2D eigenvalue weighted by atomic mass is 10.0. The van der Waals surface area contributed by atoms with Crippen LogP contribution in [0.5, 0.6) is 0 Å². The monoisotopic (exact) mass is 331 g/mol. The van der Waals surface area contributed by atoms with Gasteiger partial charge in [-0.15, -0.1) is 0 Å². The number of hydrogen-bond donors (Lipinski definition) is 0. The molecule has 0 N–H and O–H groups in total. The maximum absolute atomic E-state index is 12.7. The van der Waals surface area contributed by atoms with Crippen molar-refractivity contribution in [3.8, 4) is 0 Å². The number of piperidine rings is 1. The van der Waals surface area contributed by atoms with Gasteiger partial charge in [0.25, 0.3) is 5.91 Å². The average molecular weight is 331 g/mol. The van der Waals surface area contributed by atoms with Crippen LogP contribution >= 0.6 is 0 Å². The first-order valence-electron chi connectivity index (χ1n) is 8.12. The van der Waals surface area contributed by atoms with Gasteiger partial charge < -0.3 is 18.6 Å². The largest absolute Gasteiger partial charge is 0.464 e. The Labute approximate surface area is 140 Å². The summed E-state index contributed by atoms with van der Waals surface area (Å²) in [6, 6.07) is 3.42. The Kier molecular flexibility index (Phi) is 4.98. The Morgan fingerprint density at radius 3 is 3.00 bits per heavy atom. The first kappa shape index (κ1) is 16.3. The Morgan fingerprint density at radius 2 is 2.25 bits per heavy atom. The normalized spacial score (nSPS) is 17.7. The number of carbonyl (C=O) groups is 2. The second kappa shape index (κ2) is 7.33. The van der Waals surface area contributed by atoms with Crippen LogP contribution in [0.1, 0.15) is 42.5 Å². The average Bonchev–Trinajstić information content (AvgIpc) is 3.25. The topological polar surface area (TPSA) is 77.6 Å². The van der Waals surface area contributed by atoms with Crippen molar-refractivity contribution in [2.24, 2.45) is 0 Å². The molecule has 2 aromatic rings. The molecule has 7 nitrogen and oxygen atoms in total. The molecule has 3 heterocycles. The first-order valence-corrected chi connectivity index (χ1v) is 8.12. The van der Waals surface area contributed by atoms with Gasteiger partial charge in [-0.1, -0.05) is 0 Å². The number of ether oxygens (including phenoxy) is 1. The van der Waals surface area contributed by atoms with E-state index in [4.69, 9.17) is 9.15 Å². The molecule has 0 saturated carbocycles. The van der Waals surface area contributed by atoms with E-state index in [9.17, 15) is 9.59 Å². The molecule has 0 bridgehead atoms. The van der Waals surface area contributed by atoms with Gasteiger partial charge >= 0.3 is 5.97 Å². The standard InChI is InChI=1S/C17H21N3O4/c1-13(21)23-11-14-4-2-3-8-20(14)17(22)16-6-5-15(24-16)10-19-9-7-18-12-19/h5-7,9,12,14H,2-4,8,10-11H2,1H3/t14-/m1/s1. The zero-order valence-electron chi connectivity index (χ0n) is 13.7. The number of rotatable bonds is 5. The fourth-order valence-electron chi connectivity index (χ4n) is 2.93. The molecular weight excluding hydrogens is 310 g/mol. The van der Waals surface area contributed by atoms with Crippen molar-refractivity contribution >= 4 is 11.9 Å². The minimum atomic E-state index is -0.325. The summed E-state index contributed by atoms with van der Waals surface area (Å²) >= 11 is 0. The molecule has 3 rings (SSSR count). The molecular formula is C17H21N3O4. The van der Waals surface area contributed by atoms with Crippen molar-refractivity contribution in [2.75, 3.05) is 13.2 Å². The van der Waals surface area contributed by atoms with E-state index in [1.54, 1.807) is 29.6 Å². The summed E-state index contributed by atoms with van der Waals surface area (Å²) in [4.78, 5) is 29.5. The predicted molar refractivity (Wildman–Crippen MR) is 85.3 cm³/mol. The van der Waals surface area contributed by atoms with Gasteiger partial charge in [-0.3, -0.25) is 9.59 Å². The zero-order chi connectivity index (χ0) is 16.9. The Balaban J connectivity index is 1.67. The molecule has 1 fully saturated rings. The third-order valence-corrected chi connectivity index (χ3v) is 4.14. The van der Waals surface area contributed by atoms with Gasteiger partial charge in [0, 0.05) is 25.9 Å². The minimum Gasteiger partial charge on any atom is -0.464 e. The Hall–Kier alpha value is -2.57. The molecule has 0 radical (unpaired) electrons. The van der Waals surface area contributed by atoms with Gasteiger partial charge in [0.15, 0.2) is 5.76 Å². The highest BCUT2D eigenvalue weighted by Crippen LogP contribution is 2.21. The van der Waals surface area contributed by atoms with Crippen molar-refractivity contribution < 1.29 is 18.7 Å². The molecule has 2 aromatic heterocycles. The summed E-state index contributed by atoms with van der Waals surface area (Å²) in [5.74, 6) is 0.544. The van der Waals surface area contributed by atoms with Crippen LogP contribution in [0.25, 0.3) is 0 Å². The van der Waals surface area contributed by atoms with Crippen LogP contribution in [0, 0.1) is 0 Å². The maximum Gasteiger partial charge on any atom is 0.302 e. The van der Waals surface area contributed by atoms with E-state index in [1.165, 1.54) is 6.92 Å². The third kappa shape index (κ3) is 3.84. The number of carbonyl (C=O) groups excluding carboxylic acids is 2. The summed E-state index contributed by atoms with van der Waals surface area (Å²) in [5, 5.41) is 0. The second-order valence-electron chi connectivity index (χ2n) is 5.95. The van der Waals surface area contributed by atoms with E-state index >= 15 is 0 Å². The van der Waals surface area contributed by atoms with Gasteiger partial charge in [0.1, 0.15) is 12.4 Å². The Morgan fingerprint density at radius 1 is 1.38 bits per heavy atom. The van der Waals surface area contributed by atoms with Crippen LogP contribution < -0.4 is 0 Å². The zero-order valence-corrected chi connectivity index (χ0v) is 13.7. The van der Waals surface area contributed by atoms with Crippen LogP contribution in [-0.4, -0.2) is 45.5 Å². The highest BCUT2D eigenvalue weighted by Gasteiger charge is 2.30. The first-order chi connectivity index (χ1) is 11.6. The summed E-state index contributed by atoms with van der Waals surface area (Å²) in [6.45, 7) is 2.81. The van der Waals surface area contributed by atoms with E-state index in [2.05, 4.69) is 4.98 Å². The smallest absolute Gasteiger partial charge is 0.302 e. The fraction of sp³-hybridized carbons (Fsp3) is 0.471. The molecule has 0 aromatic carbocycles. The molecule has 0 aliphatic carbocycles. The summed E-state index contributed by atoms with van der Waals surface area (Å²) in [5.41, 5.74) is 0. The molecule has 1 aliphatic rings. The second-order valence-corrected chi connectivity index (χ2v) is 5.95. The van der Waals surface area contributed by atoms with E-state index in [0.717, 1.165) is 19.3 Å². The van der Waals surface area contributed by atoms with Gasteiger partial charge in [-0.2, -0.15) is 0 Å². The van der Waals surface area contributed by atoms with Crippen LogP contribution in [0.15, 0.2) is 35.3 Å². The molecule has 1 atom stereocenters. The molecule has 7 heteroatoms. The summed E-state index contributed by atoms with van der Waals surface area (Å²) in [7, 11) is 0. The van der Waals surface area contributed by atoms with E-state index < -0.39 is 0 Å². The highest BCUT2D eigenvalue weighted by atomic mass is 16.5. The number of hydrogen-bond acceptors (Lipinski definition) is 5. The van der Waals surface area contributed by atoms with Crippen LogP contribution in [0.4, 0.5) is 0 Å². The molecule has 1 saturated heterocycles. The highest BCUT2D eigenvalue weighted by molar-refractivity contribution is 5.91. The van der Waals surface area contributed by atoms with Crippen LogP contribution in [0.3, 0.4) is 0 Å². The van der Waals surface area contributed by atoms with Crippen molar-refractivity contribution in [2.45, 2.75) is 38.8 Å². The lowest BCUT2D eigenvalue weighted by Crippen LogP contribution is -2.46. The number of esters is 1. The Bertz CT molecular complexity index is 693. The van der Waals surface area contributed by atoms with E-state index in [0.29, 0.717) is 24.6 Å². The van der Waals surface area contributed by atoms with Gasteiger partial charge in [0.05, 0.1) is 18.9 Å². The lowest BCUT2D eigenvalue weighted by molar-refractivity contribution is -0.142. The molecule has 24 heavy (non-hydrogen) atoms. The number of aromatic nitrogens is 2. The SMILES string of the molecule is CC(=O)OC[C@H]1CCCCN1C(=O)c1ccc(Cn2ccnc2)o1. The van der Waals surface area contributed by atoms with Crippen molar-refractivity contribution in [3.63, 3.8) is 0 Å². The van der Waals surface area contributed by atoms with Crippen molar-refractivity contribution in [3.05, 3.63) is 42.4 Å². The molecule has 128 valence electrons.